The Bertz CT molecular complexity index is 871. The Labute approximate surface area is 136 Å². The van der Waals surface area contributed by atoms with E-state index < -0.39 is 4.92 Å². The minimum atomic E-state index is -0.418. The predicted octanol–water partition coefficient (Wildman–Crippen LogP) is 3.70. The molecule has 1 heterocycles. The molecular weight excluding hydrogens is 314 g/mol. The van der Waals surface area contributed by atoms with Crippen molar-refractivity contribution in [2.24, 2.45) is 0 Å². The number of nitro groups is 1. The molecule has 116 valence electrons. The van der Waals surface area contributed by atoms with Crippen molar-refractivity contribution < 1.29 is 4.92 Å². The number of benzene rings is 2. The minimum absolute atomic E-state index is 0.0511. The number of para-hydroxylation sites is 2. The van der Waals surface area contributed by atoms with Gasteiger partial charge in [-0.2, -0.15) is 0 Å². The Morgan fingerprint density at radius 3 is 2.39 bits per heavy atom. The van der Waals surface area contributed by atoms with Crippen molar-refractivity contribution in [1.82, 2.24) is 9.97 Å². The van der Waals surface area contributed by atoms with Crippen LogP contribution in [0.5, 0.6) is 0 Å². The minimum Gasteiger partial charge on any atom is -0.370 e. The van der Waals surface area contributed by atoms with E-state index in [2.05, 4.69) is 20.0 Å². The van der Waals surface area contributed by atoms with Crippen LogP contribution in [0.25, 0.3) is 11.0 Å². The van der Waals surface area contributed by atoms with E-state index in [1.165, 1.54) is 24.1 Å². The van der Waals surface area contributed by atoms with Crippen molar-refractivity contribution in [1.29, 1.82) is 0 Å². The molecule has 0 spiro atoms. The summed E-state index contributed by atoms with van der Waals surface area (Å²) in [6.45, 7) is 0. The highest BCUT2D eigenvalue weighted by atomic mass is 32.2. The lowest BCUT2D eigenvalue weighted by Crippen LogP contribution is -2.01. The fourth-order valence-electron chi connectivity index (χ4n) is 2.01. The van der Waals surface area contributed by atoms with Crippen molar-refractivity contribution in [2.45, 2.75) is 4.90 Å². The van der Waals surface area contributed by atoms with Gasteiger partial charge in [0.05, 0.1) is 16.0 Å². The van der Waals surface area contributed by atoms with E-state index in [1.54, 1.807) is 19.2 Å². The maximum atomic E-state index is 10.8. The summed E-state index contributed by atoms with van der Waals surface area (Å²) in [6, 6.07) is 14.0. The maximum Gasteiger partial charge on any atom is 0.270 e. The number of nitrogens with zero attached hydrogens (tertiary/aromatic N) is 3. The van der Waals surface area contributed by atoms with E-state index in [0.717, 1.165) is 15.9 Å². The summed E-state index contributed by atoms with van der Waals surface area (Å²) < 4.78 is 3.10. The van der Waals surface area contributed by atoms with Crippen LogP contribution in [0, 0.1) is 10.1 Å². The molecule has 0 amide bonds. The quantitative estimate of drug-likeness (QED) is 0.419. The number of hydrogen-bond donors (Lipinski definition) is 2. The van der Waals surface area contributed by atoms with Gasteiger partial charge in [-0.1, -0.05) is 18.2 Å². The number of hydrogen-bond acceptors (Lipinski definition) is 7. The van der Waals surface area contributed by atoms with E-state index in [1.807, 2.05) is 24.3 Å². The summed E-state index contributed by atoms with van der Waals surface area (Å²) >= 11 is 1.25. The van der Waals surface area contributed by atoms with Gasteiger partial charge < -0.3 is 10.0 Å². The second-order valence-electron chi connectivity index (χ2n) is 4.62. The normalized spacial score (nSPS) is 10.5. The average Bonchev–Trinajstić information content (AvgIpc) is 2.59. The second-order valence-corrected chi connectivity index (χ2v) is 5.50. The van der Waals surface area contributed by atoms with Gasteiger partial charge in [0, 0.05) is 24.1 Å². The first-order valence-electron chi connectivity index (χ1n) is 6.79. The van der Waals surface area contributed by atoms with E-state index >= 15 is 0 Å². The molecule has 0 aliphatic carbocycles. The molecule has 0 aliphatic rings. The molecule has 0 unspecified atom stereocenters. The van der Waals surface area contributed by atoms with Crippen molar-refractivity contribution in [3.8, 4) is 0 Å². The van der Waals surface area contributed by atoms with E-state index in [-0.39, 0.29) is 5.69 Å². The van der Waals surface area contributed by atoms with Crippen LogP contribution in [0.2, 0.25) is 0 Å². The number of anilines is 2. The van der Waals surface area contributed by atoms with Crippen LogP contribution in [0.15, 0.2) is 53.4 Å². The highest BCUT2D eigenvalue weighted by Gasteiger charge is 2.10. The lowest BCUT2D eigenvalue weighted by Gasteiger charge is -2.10. The van der Waals surface area contributed by atoms with Gasteiger partial charge in [0.15, 0.2) is 11.6 Å². The number of non-ortho nitro benzene ring substituents is 1. The van der Waals surface area contributed by atoms with Gasteiger partial charge in [0.25, 0.3) is 5.69 Å². The van der Waals surface area contributed by atoms with Gasteiger partial charge in [-0.3, -0.25) is 10.1 Å². The van der Waals surface area contributed by atoms with Crippen LogP contribution in [0.4, 0.5) is 17.3 Å². The van der Waals surface area contributed by atoms with Crippen molar-refractivity contribution in [3.05, 3.63) is 58.6 Å². The van der Waals surface area contributed by atoms with Crippen LogP contribution in [0.1, 0.15) is 0 Å². The molecular formula is C15H13N5O2S. The molecule has 2 N–H and O–H groups in total. The molecule has 0 saturated carbocycles. The summed E-state index contributed by atoms with van der Waals surface area (Å²) in [7, 11) is 1.77. The number of nitro benzene ring substituents is 1. The molecule has 0 aliphatic heterocycles. The highest BCUT2D eigenvalue weighted by molar-refractivity contribution is 8.00. The summed E-state index contributed by atoms with van der Waals surface area (Å²) in [5.41, 5.74) is 1.62. The Morgan fingerprint density at radius 2 is 1.74 bits per heavy atom. The Balaban J connectivity index is 1.86. The number of fused-ring (bicyclic) bond motifs is 1. The van der Waals surface area contributed by atoms with Gasteiger partial charge in [0.2, 0.25) is 0 Å². The van der Waals surface area contributed by atoms with E-state index in [0.29, 0.717) is 11.6 Å². The molecule has 8 heteroatoms. The SMILES string of the molecule is CNc1nc2ccccc2nc1NSc1cccc([N+](=O)[O-])c1. The third kappa shape index (κ3) is 3.32. The second kappa shape index (κ2) is 6.49. The molecule has 0 atom stereocenters. The van der Waals surface area contributed by atoms with Gasteiger partial charge in [0.1, 0.15) is 0 Å². The van der Waals surface area contributed by atoms with Crippen molar-refractivity contribution in [2.75, 3.05) is 17.1 Å². The zero-order valence-electron chi connectivity index (χ0n) is 12.2. The molecule has 3 aromatic rings. The average molecular weight is 327 g/mol. The Hall–Kier alpha value is -2.87. The number of nitrogens with one attached hydrogen (secondary N) is 2. The van der Waals surface area contributed by atoms with E-state index in [4.69, 9.17) is 0 Å². The van der Waals surface area contributed by atoms with Gasteiger partial charge in [-0.15, -0.1) is 0 Å². The fraction of sp³-hybridized carbons (Fsp3) is 0.0667. The predicted molar refractivity (Wildman–Crippen MR) is 91.7 cm³/mol. The highest BCUT2D eigenvalue weighted by Crippen LogP contribution is 2.28. The molecule has 7 nitrogen and oxygen atoms in total. The summed E-state index contributed by atoms with van der Waals surface area (Å²) in [5, 5.41) is 13.8. The Morgan fingerprint density at radius 1 is 1.04 bits per heavy atom. The smallest absolute Gasteiger partial charge is 0.270 e. The molecule has 0 radical (unpaired) electrons. The van der Waals surface area contributed by atoms with Crippen LogP contribution in [0.3, 0.4) is 0 Å². The lowest BCUT2D eigenvalue weighted by molar-refractivity contribution is -0.385. The summed E-state index contributed by atoms with van der Waals surface area (Å²) in [4.78, 5) is 20.1. The van der Waals surface area contributed by atoms with Crippen LogP contribution < -0.4 is 10.0 Å². The molecule has 23 heavy (non-hydrogen) atoms. The van der Waals surface area contributed by atoms with E-state index in [9.17, 15) is 10.1 Å². The fourth-order valence-corrected chi connectivity index (χ4v) is 2.70. The van der Waals surface area contributed by atoms with Crippen molar-refractivity contribution in [3.63, 3.8) is 0 Å². The Kier molecular flexibility index (Phi) is 4.24. The lowest BCUT2D eigenvalue weighted by atomic mass is 10.3. The van der Waals surface area contributed by atoms with Crippen LogP contribution in [-0.2, 0) is 0 Å². The largest absolute Gasteiger partial charge is 0.370 e. The third-order valence-corrected chi connectivity index (χ3v) is 3.89. The maximum absolute atomic E-state index is 10.8. The standard InChI is InChI=1S/C15H13N5O2S/c1-16-14-15(18-13-8-3-2-7-12(13)17-14)19-23-11-6-4-5-10(9-11)20(21)22/h2-9H,1H3,(H,16,17)(H,18,19). The summed E-state index contributed by atoms with van der Waals surface area (Å²) in [5.74, 6) is 1.18. The molecule has 0 saturated heterocycles. The van der Waals surface area contributed by atoms with Crippen molar-refractivity contribution >= 4 is 40.3 Å². The topological polar surface area (TPSA) is 93.0 Å². The monoisotopic (exact) mass is 327 g/mol. The first-order valence-corrected chi connectivity index (χ1v) is 7.61. The molecule has 1 aromatic heterocycles. The van der Waals surface area contributed by atoms with Gasteiger partial charge in [-0.05, 0) is 30.1 Å². The summed E-state index contributed by atoms with van der Waals surface area (Å²) in [6.07, 6.45) is 0. The molecule has 0 bridgehead atoms. The first kappa shape index (κ1) is 15.0. The van der Waals surface area contributed by atoms with Gasteiger partial charge >= 0.3 is 0 Å². The van der Waals surface area contributed by atoms with Crippen LogP contribution in [-0.4, -0.2) is 21.9 Å². The first-order chi connectivity index (χ1) is 11.2. The molecule has 2 aromatic carbocycles. The molecule has 3 rings (SSSR count). The van der Waals surface area contributed by atoms with Crippen LogP contribution >= 0.6 is 11.9 Å². The number of rotatable bonds is 5. The van der Waals surface area contributed by atoms with Gasteiger partial charge in [-0.25, -0.2) is 9.97 Å². The molecule has 0 fully saturated rings. The third-order valence-electron chi connectivity index (χ3n) is 3.10. The number of aromatic nitrogens is 2. The zero-order chi connectivity index (χ0) is 16.2. The zero-order valence-corrected chi connectivity index (χ0v) is 13.0.